The third-order valence-corrected chi connectivity index (χ3v) is 0. The molecule has 0 aromatic heterocycles. The summed E-state index contributed by atoms with van der Waals surface area (Å²) < 4.78 is 0. The summed E-state index contributed by atoms with van der Waals surface area (Å²) in [6.45, 7) is 26.5. The third-order valence-electron chi connectivity index (χ3n) is 0. The van der Waals surface area contributed by atoms with E-state index in [1.165, 1.54) is 34.6 Å². The smallest absolute Gasteiger partial charge is 0.214 e. The molecule has 0 heterocycles. The van der Waals surface area contributed by atoms with E-state index in [1.54, 1.807) is 0 Å². The monoisotopic (exact) mass is 1640 g/mol. The first-order valence-electron chi connectivity index (χ1n) is 9.96. The second kappa shape index (κ2) is 903. The molecular formula is C40H175N10O5P5S5Y5. The fourth-order valence-electron chi connectivity index (χ4n) is 0. The number of primary amides is 5. The van der Waals surface area contributed by atoms with Gasteiger partial charge in [-0.2, -0.15) is 117 Å². The standard InChI is InChI=1S/5C2H5NO.5C2H6.20CH4.5H3N.5H3P.5H2S.5Y/c5*1-2(3)4;5*1-2;;;;;;;;;;;;;;;;;;;;;;;;;;;;;;;;;;;;;;;;/h5*1H3,(H2,3,4);5*1-2H3;20*1H4;10*1H3;5*1H2;;;;;. The van der Waals surface area contributed by atoms with Crippen molar-refractivity contribution in [2.75, 3.05) is 0 Å². The minimum absolute atomic E-state index is 0. The molecule has 0 saturated carbocycles. The first-order valence-corrected chi connectivity index (χ1v) is 9.96. The molecule has 0 fully saturated rings. The summed E-state index contributed by atoms with van der Waals surface area (Å²) in [5, 5.41) is 0. The van der Waals surface area contributed by atoms with E-state index in [-0.39, 0.29) is 489 Å². The van der Waals surface area contributed by atoms with Crippen LogP contribution in [0.5, 0.6) is 0 Å². The van der Waals surface area contributed by atoms with Crippen molar-refractivity contribution in [2.24, 2.45) is 28.7 Å². The molecule has 0 aromatic rings. The Morgan fingerprint density at radius 1 is 0.200 bits per heavy atom. The average molecular weight is 1640 g/mol. The average Bonchev–Trinajstić information content (AvgIpc) is 2.61. The fourth-order valence-corrected chi connectivity index (χ4v) is 0. The Labute approximate surface area is 636 Å². The molecule has 30 heteroatoms. The van der Waals surface area contributed by atoms with Gasteiger partial charge in [0.1, 0.15) is 0 Å². The van der Waals surface area contributed by atoms with Crippen LogP contribution in [-0.4, -0.2) is 29.5 Å². The molecule has 0 bridgehead atoms. The zero-order valence-electron chi connectivity index (χ0n) is 34.9. The summed E-state index contributed by atoms with van der Waals surface area (Å²) in [5.41, 5.74) is 22.4. The Morgan fingerprint density at radius 3 is 0.200 bits per heavy atom. The summed E-state index contributed by atoms with van der Waals surface area (Å²) in [4.78, 5) is 46.1. The van der Waals surface area contributed by atoms with E-state index < -0.39 is 0 Å². The van der Waals surface area contributed by atoms with Gasteiger partial charge in [-0.25, -0.2) is 0 Å². The molecule has 0 rings (SSSR count). The van der Waals surface area contributed by atoms with Crippen LogP contribution in [0.1, 0.15) is 252 Å². The van der Waals surface area contributed by atoms with E-state index in [0.29, 0.717) is 0 Å². The molecule has 5 atom stereocenters. The quantitative estimate of drug-likeness (QED) is 0.102. The summed E-state index contributed by atoms with van der Waals surface area (Å²) in [6.07, 6.45) is 0. The number of nitrogens with two attached hydrogens (primary N) is 5. The maximum Gasteiger partial charge on any atom is 0.214 e. The summed E-state index contributed by atoms with van der Waals surface area (Å²) in [7, 11) is 0. The SMILES string of the molecule is C.C.C.C.C.C.C.C.C.C.C.C.C.C.C.C.C.C.C.C.CC.CC.CC.CC.CC.CC(N)=O.CC(N)=O.CC(N)=O.CC(N)=O.CC(N)=O.N.N.N.N.N.P.P.P.P.P.S.S.S.S.S.[Y].[Y].[Y].[Y].[Y]. The number of hydrogen-bond donors (Lipinski definition) is 10. The van der Waals surface area contributed by atoms with Crippen LogP contribution in [0.15, 0.2) is 0 Å². The zero-order chi connectivity index (χ0) is 27.9. The van der Waals surface area contributed by atoms with Crippen LogP contribution >= 0.6 is 117 Å². The van der Waals surface area contributed by atoms with Crippen LogP contribution in [0, 0.1) is 0 Å². The van der Waals surface area contributed by atoms with Gasteiger partial charge in [0.25, 0.3) is 0 Å². The van der Waals surface area contributed by atoms with Crippen molar-refractivity contribution < 1.29 is 188 Å². The molecule has 0 aliphatic rings. The van der Waals surface area contributed by atoms with E-state index in [2.05, 4.69) is 28.7 Å². The van der Waals surface area contributed by atoms with Crippen molar-refractivity contribution in [1.29, 1.82) is 0 Å². The van der Waals surface area contributed by atoms with Gasteiger partial charge in [0.2, 0.25) is 29.5 Å². The molecule has 0 aromatic carbocycles. The van der Waals surface area contributed by atoms with Crippen LogP contribution in [0.2, 0.25) is 0 Å². The number of carbonyl (C=O) groups excluding carboxylic acids is 5. The molecule has 25 N–H and O–H groups in total. The summed E-state index contributed by atoms with van der Waals surface area (Å²) in [6, 6.07) is 0. The number of carbonyl (C=O) groups is 5. The Kier molecular flexibility index (Phi) is 7990. The molecule has 0 aliphatic heterocycles. The topological polar surface area (TPSA) is 390 Å². The molecule has 5 unspecified atom stereocenters. The van der Waals surface area contributed by atoms with Crippen molar-refractivity contribution in [3.8, 4) is 0 Å². The second-order valence-corrected chi connectivity index (χ2v) is 3.05. The predicted octanol–water partition coefficient (Wildman–Crippen LogP) is 17.0. The van der Waals surface area contributed by atoms with E-state index in [9.17, 15) is 24.0 Å². The molecule has 70 heavy (non-hydrogen) atoms. The van der Waals surface area contributed by atoms with Crippen molar-refractivity contribution >= 4 is 147 Å². The minimum atomic E-state index is -0.333. The molecule has 5 amide bonds. The number of hydrogen-bond acceptors (Lipinski definition) is 10. The maximum absolute atomic E-state index is 9.22. The van der Waals surface area contributed by atoms with Gasteiger partial charge in [-0.3, -0.25) is 24.0 Å². The molecule has 15 nitrogen and oxygen atoms in total. The maximum atomic E-state index is 9.22. The van der Waals surface area contributed by atoms with Crippen LogP contribution in [0.3, 0.4) is 0 Å². The van der Waals surface area contributed by atoms with E-state index in [4.69, 9.17) is 0 Å². The first kappa shape index (κ1) is 619. The van der Waals surface area contributed by atoms with Gasteiger partial charge in [0.05, 0.1) is 0 Å². The first-order chi connectivity index (χ1) is 13.7. The van der Waals surface area contributed by atoms with E-state index >= 15 is 0 Å². The number of rotatable bonds is 0. The van der Waals surface area contributed by atoms with Crippen LogP contribution in [-0.2, 0) is 188 Å². The van der Waals surface area contributed by atoms with Gasteiger partial charge in [0, 0.05) is 198 Å². The Bertz CT molecular complexity index is 321. The van der Waals surface area contributed by atoms with Crippen molar-refractivity contribution in [1.82, 2.24) is 30.8 Å². The molecule has 0 saturated heterocycles. The largest absolute Gasteiger partial charge is 0.370 e. The van der Waals surface area contributed by atoms with Crippen molar-refractivity contribution in [2.45, 2.75) is 252 Å². The Morgan fingerprint density at radius 2 is 0.200 bits per heavy atom. The van der Waals surface area contributed by atoms with Gasteiger partial charge in [-0.1, -0.05) is 218 Å². The molecule has 0 aliphatic carbocycles. The Balaban J connectivity index is -0.00000000125. The zero-order valence-corrected chi connectivity index (χ0v) is 61.1. The van der Waals surface area contributed by atoms with Crippen molar-refractivity contribution in [3.63, 3.8) is 0 Å². The Hall–Kier alpha value is 6.57. The second-order valence-electron chi connectivity index (χ2n) is 3.05. The molecule has 485 valence electrons. The minimum Gasteiger partial charge on any atom is -0.370 e. The van der Waals surface area contributed by atoms with Gasteiger partial charge in [-0.05, 0) is 0 Å². The van der Waals surface area contributed by atoms with Crippen LogP contribution in [0.4, 0.5) is 0 Å². The van der Waals surface area contributed by atoms with Gasteiger partial charge in [-0.15, -0.1) is 0 Å². The predicted molar refractivity (Wildman–Crippen MR) is 398 cm³/mol. The molecule has 0 spiro atoms. The van der Waals surface area contributed by atoms with E-state index in [0.717, 1.165) is 0 Å². The normalized spacial score (nSPS) is 2.21. The molecular weight excluding hydrogens is 1460 g/mol. The van der Waals surface area contributed by atoms with Crippen LogP contribution in [0.25, 0.3) is 0 Å². The number of amides is 5. The summed E-state index contributed by atoms with van der Waals surface area (Å²) in [5.74, 6) is -1.67. The fraction of sp³-hybridized carbons (Fsp3) is 0.875. The molecule has 5 radical (unpaired) electrons. The van der Waals surface area contributed by atoms with Gasteiger partial charge < -0.3 is 59.4 Å². The summed E-state index contributed by atoms with van der Waals surface area (Å²) >= 11 is 0. The third kappa shape index (κ3) is 9350. The van der Waals surface area contributed by atoms with Crippen LogP contribution < -0.4 is 59.4 Å². The van der Waals surface area contributed by atoms with Gasteiger partial charge >= 0.3 is 0 Å². The van der Waals surface area contributed by atoms with Gasteiger partial charge in [0.15, 0.2) is 0 Å². The van der Waals surface area contributed by atoms with Crippen molar-refractivity contribution in [3.05, 3.63) is 0 Å². The van der Waals surface area contributed by atoms with E-state index in [1.807, 2.05) is 69.2 Å².